The highest BCUT2D eigenvalue weighted by Gasteiger charge is 2.06. The van der Waals surface area contributed by atoms with Crippen molar-refractivity contribution in [3.63, 3.8) is 0 Å². The smallest absolute Gasteiger partial charge is 0.121 e. The van der Waals surface area contributed by atoms with Gasteiger partial charge in [-0.3, -0.25) is 0 Å². The van der Waals surface area contributed by atoms with E-state index in [-0.39, 0.29) is 6.04 Å². The van der Waals surface area contributed by atoms with Gasteiger partial charge in [0.15, 0.2) is 0 Å². The molecule has 0 aliphatic carbocycles. The molecule has 1 atom stereocenters. The van der Waals surface area contributed by atoms with Gasteiger partial charge < -0.3 is 10.1 Å². The van der Waals surface area contributed by atoms with Crippen LogP contribution in [0.1, 0.15) is 11.6 Å². The first-order chi connectivity index (χ1) is 6.31. The lowest BCUT2D eigenvalue weighted by atomic mass is 10.1. The van der Waals surface area contributed by atoms with Crippen molar-refractivity contribution in [1.82, 2.24) is 5.32 Å². The van der Waals surface area contributed by atoms with Gasteiger partial charge in [-0.15, -0.1) is 0 Å². The van der Waals surface area contributed by atoms with Crippen LogP contribution in [0.15, 0.2) is 24.3 Å². The van der Waals surface area contributed by atoms with Crippen molar-refractivity contribution in [3.05, 3.63) is 29.8 Å². The molecule has 0 saturated heterocycles. The number of hydrogen-bond donors (Lipinski definition) is 1. The van der Waals surface area contributed by atoms with E-state index in [9.17, 15) is 0 Å². The minimum Gasteiger partial charge on any atom is -0.497 e. The quantitative estimate of drug-likeness (QED) is 0.758. The van der Waals surface area contributed by atoms with E-state index in [2.05, 4.69) is 11.4 Å². The minimum absolute atomic E-state index is 0.245. The summed E-state index contributed by atoms with van der Waals surface area (Å²) in [7, 11) is 3.38. The van der Waals surface area contributed by atoms with Gasteiger partial charge in [-0.05, 0) is 24.7 Å². The van der Waals surface area contributed by atoms with Crippen molar-refractivity contribution < 1.29 is 4.74 Å². The molecule has 0 aliphatic heterocycles. The number of ether oxygens (including phenoxy) is 1. The standard InChI is InChI=1S/C10H12N2O/c1-12-10(7-11)8-3-5-9(13-2)6-4-8/h3-6,10,12H,1-2H3/t10-/m0/s1. The third-order valence-electron chi connectivity index (χ3n) is 1.87. The lowest BCUT2D eigenvalue weighted by Gasteiger charge is -2.07. The molecule has 13 heavy (non-hydrogen) atoms. The SMILES string of the molecule is CN[C@@H](C#N)c1ccc(OC)cc1. The highest BCUT2D eigenvalue weighted by atomic mass is 16.5. The molecule has 0 amide bonds. The molecule has 0 aromatic heterocycles. The number of methoxy groups -OCH3 is 1. The van der Waals surface area contributed by atoms with E-state index >= 15 is 0 Å². The first kappa shape index (κ1) is 9.56. The van der Waals surface area contributed by atoms with E-state index < -0.39 is 0 Å². The van der Waals surface area contributed by atoms with Crippen LogP contribution in [-0.2, 0) is 0 Å². The predicted molar refractivity (Wildman–Crippen MR) is 50.4 cm³/mol. The van der Waals surface area contributed by atoms with Crippen molar-refractivity contribution in [2.45, 2.75) is 6.04 Å². The third kappa shape index (κ3) is 2.20. The van der Waals surface area contributed by atoms with Crippen LogP contribution in [0.25, 0.3) is 0 Å². The van der Waals surface area contributed by atoms with Crippen LogP contribution in [0.4, 0.5) is 0 Å². The number of hydrogen-bond acceptors (Lipinski definition) is 3. The van der Waals surface area contributed by atoms with Gasteiger partial charge in [0.25, 0.3) is 0 Å². The minimum atomic E-state index is -0.245. The number of nitrogens with one attached hydrogen (secondary N) is 1. The Morgan fingerprint density at radius 1 is 1.38 bits per heavy atom. The molecule has 0 fully saturated rings. The molecule has 0 spiro atoms. The van der Waals surface area contributed by atoms with Crippen LogP contribution in [0.3, 0.4) is 0 Å². The van der Waals surface area contributed by atoms with Crippen molar-refractivity contribution in [2.24, 2.45) is 0 Å². The topological polar surface area (TPSA) is 45.0 Å². The van der Waals surface area contributed by atoms with Crippen LogP contribution in [0.2, 0.25) is 0 Å². The van der Waals surface area contributed by atoms with Crippen LogP contribution >= 0.6 is 0 Å². The molecule has 0 bridgehead atoms. The fourth-order valence-electron chi connectivity index (χ4n) is 1.10. The molecule has 3 nitrogen and oxygen atoms in total. The molecule has 3 heteroatoms. The molecular weight excluding hydrogens is 164 g/mol. The fourth-order valence-corrected chi connectivity index (χ4v) is 1.10. The van der Waals surface area contributed by atoms with Gasteiger partial charge in [0.05, 0.1) is 13.2 Å². The molecule has 68 valence electrons. The van der Waals surface area contributed by atoms with Crippen LogP contribution in [0, 0.1) is 11.3 Å². The highest BCUT2D eigenvalue weighted by Crippen LogP contribution is 2.16. The Hall–Kier alpha value is -1.53. The largest absolute Gasteiger partial charge is 0.497 e. The summed E-state index contributed by atoms with van der Waals surface area (Å²) in [6.07, 6.45) is 0. The average Bonchev–Trinajstić information content (AvgIpc) is 2.21. The predicted octanol–water partition coefficient (Wildman–Crippen LogP) is 1.48. The second-order valence-corrected chi connectivity index (χ2v) is 2.62. The molecule has 0 heterocycles. The first-order valence-corrected chi connectivity index (χ1v) is 4.02. The normalized spacial score (nSPS) is 11.8. The zero-order chi connectivity index (χ0) is 9.68. The lowest BCUT2D eigenvalue weighted by molar-refractivity contribution is 0.414. The van der Waals surface area contributed by atoms with Crippen molar-refractivity contribution >= 4 is 0 Å². The van der Waals surface area contributed by atoms with Crippen LogP contribution in [0.5, 0.6) is 5.75 Å². The molecule has 0 radical (unpaired) electrons. The monoisotopic (exact) mass is 176 g/mol. The summed E-state index contributed by atoms with van der Waals surface area (Å²) in [6.45, 7) is 0. The maximum absolute atomic E-state index is 8.76. The number of nitriles is 1. The molecule has 1 aromatic rings. The second-order valence-electron chi connectivity index (χ2n) is 2.62. The summed E-state index contributed by atoms with van der Waals surface area (Å²) < 4.78 is 5.01. The molecule has 0 saturated carbocycles. The Bertz CT molecular complexity index is 300. The average molecular weight is 176 g/mol. The zero-order valence-corrected chi connectivity index (χ0v) is 7.74. The molecule has 0 aliphatic rings. The van der Waals surface area contributed by atoms with Gasteiger partial charge in [0.2, 0.25) is 0 Å². The van der Waals surface area contributed by atoms with E-state index in [1.54, 1.807) is 14.2 Å². The Morgan fingerprint density at radius 2 is 2.00 bits per heavy atom. The molecular formula is C10H12N2O. The number of rotatable bonds is 3. The van der Waals surface area contributed by atoms with E-state index in [1.165, 1.54) is 0 Å². The molecule has 1 aromatic carbocycles. The van der Waals surface area contributed by atoms with Crippen LogP contribution < -0.4 is 10.1 Å². The third-order valence-corrected chi connectivity index (χ3v) is 1.87. The van der Waals surface area contributed by atoms with E-state index in [0.29, 0.717) is 0 Å². The van der Waals surface area contributed by atoms with Gasteiger partial charge in [-0.2, -0.15) is 5.26 Å². The maximum Gasteiger partial charge on any atom is 0.121 e. The van der Waals surface area contributed by atoms with Gasteiger partial charge in [-0.25, -0.2) is 0 Å². The van der Waals surface area contributed by atoms with Gasteiger partial charge in [0.1, 0.15) is 11.8 Å². The highest BCUT2D eigenvalue weighted by molar-refractivity contribution is 5.31. The summed E-state index contributed by atoms with van der Waals surface area (Å²) in [5.41, 5.74) is 0.950. The van der Waals surface area contributed by atoms with E-state index in [1.807, 2.05) is 24.3 Å². The fraction of sp³-hybridized carbons (Fsp3) is 0.300. The molecule has 1 rings (SSSR count). The Kier molecular flexibility index (Phi) is 3.30. The molecule has 1 N–H and O–H groups in total. The summed E-state index contributed by atoms with van der Waals surface area (Å²) in [6, 6.07) is 9.35. The Balaban J connectivity index is 2.86. The van der Waals surface area contributed by atoms with Gasteiger partial charge >= 0.3 is 0 Å². The summed E-state index contributed by atoms with van der Waals surface area (Å²) in [5.74, 6) is 0.802. The zero-order valence-electron chi connectivity index (χ0n) is 7.74. The van der Waals surface area contributed by atoms with E-state index in [4.69, 9.17) is 10.00 Å². The first-order valence-electron chi connectivity index (χ1n) is 4.02. The maximum atomic E-state index is 8.76. The number of nitrogens with zero attached hydrogens (tertiary/aromatic N) is 1. The Morgan fingerprint density at radius 3 is 2.38 bits per heavy atom. The Labute approximate surface area is 77.9 Å². The van der Waals surface area contributed by atoms with Gasteiger partial charge in [0, 0.05) is 0 Å². The second kappa shape index (κ2) is 4.48. The van der Waals surface area contributed by atoms with Crippen molar-refractivity contribution in [1.29, 1.82) is 5.26 Å². The lowest BCUT2D eigenvalue weighted by Crippen LogP contribution is -2.13. The summed E-state index contributed by atoms with van der Waals surface area (Å²) in [5, 5.41) is 11.7. The summed E-state index contributed by atoms with van der Waals surface area (Å²) in [4.78, 5) is 0. The van der Waals surface area contributed by atoms with Crippen LogP contribution in [-0.4, -0.2) is 14.2 Å². The number of benzene rings is 1. The van der Waals surface area contributed by atoms with Crippen molar-refractivity contribution in [2.75, 3.05) is 14.2 Å². The van der Waals surface area contributed by atoms with E-state index in [0.717, 1.165) is 11.3 Å². The van der Waals surface area contributed by atoms with Gasteiger partial charge in [-0.1, -0.05) is 12.1 Å². The van der Waals surface area contributed by atoms with Crippen molar-refractivity contribution in [3.8, 4) is 11.8 Å². The summed E-state index contributed by atoms with van der Waals surface area (Å²) >= 11 is 0. The molecule has 0 unspecified atom stereocenters.